The minimum absolute atomic E-state index is 0.155. The Morgan fingerprint density at radius 2 is 1.62 bits per heavy atom. The van der Waals surface area contributed by atoms with Crippen LogP contribution in [0.2, 0.25) is 0 Å². The minimum atomic E-state index is -4.65. The van der Waals surface area contributed by atoms with E-state index in [9.17, 15) is 13.2 Å². The molecule has 29 heavy (non-hydrogen) atoms. The van der Waals surface area contributed by atoms with Crippen LogP contribution in [-0.2, 0) is 0 Å². The normalized spacial score (nSPS) is 27.6. The van der Waals surface area contributed by atoms with Crippen LogP contribution in [-0.4, -0.2) is 6.36 Å². The Hall–Kier alpha value is -1.71. The summed E-state index contributed by atoms with van der Waals surface area (Å²) in [7, 11) is 0. The Labute approximate surface area is 171 Å². The minimum Gasteiger partial charge on any atom is -0.406 e. The van der Waals surface area contributed by atoms with Crippen molar-refractivity contribution in [3.63, 3.8) is 0 Å². The SMILES string of the molecule is CCCC[C@@H]1CC[C@@H]2CC(c3ccc4cc(OC(F)(F)F)ccc4c3)CCC2C1. The smallest absolute Gasteiger partial charge is 0.406 e. The summed E-state index contributed by atoms with van der Waals surface area (Å²) < 4.78 is 41.4. The lowest BCUT2D eigenvalue weighted by molar-refractivity contribution is -0.274. The van der Waals surface area contributed by atoms with Gasteiger partial charge in [-0.1, -0.05) is 56.9 Å². The third-order valence-corrected chi connectivity index (χ3v) is 7.23. The first-order valence-electron chi connectivity index (χ1n) is 11.2. The van der Waals surface area contributed by atoms with Crippen molar-refractivity contribution >= 4 is 10.8 Å². The van der Waals surface area contributed by atoms with Gasteiger partial charge in [-0.05, 0) is 84.2 Å². The Kier molecular flexibility index (Phi) is 6.08. The summed E-state index contributed by atoms with van der Waals surface area (Å²) in [6, 6.07) is 10.9. The number of hydrogen-bond acceptors (Lipinski definition) is 1. The van der Waals surface area contributed by atoms with Gasteiger partial charge in [0.1, 0.15) is 5.75 Å². The van der Waals surface area contributed by atoms with E-state index in [2.05, 4.69) is 23.8 Å². The Balaban J connectivity index is 1.42. The zero-order valence-electron chi connectivity index (χ0n) is 17.2. The Morgan fingerprint density at radius 3 is 2.41 bits per heavy atom. The van der Waals surface area contributed by atoms with Crippen LogP contribution in [0.1, 0.15) is 76.2 Å². The van der Waals surface area contributed by atoms with Crippen LogP contribution in [0.15, 0.2) is 36.4 Å². The lowest BCUT2D eigenvalue weighted by Crippen LogP contribution is -2.30. The molecule has 158 valence electrons. The van der Waals surface area contributed by atoms with E-state index in [1.165, 1.54) is 75.5 Å². The molecule has 0 bridgehead atoms. The highest BCUT2D eigenvalue weighted by Gasteiger charge is 2.36. The van der Waals surface area contributed by atoms with Gasteiger partial charge in [0.15, 0.2) is 0 Å². The van der Waals surface area contributed by atoms with Crippen LogP contribution in [0.25, 0.3) is 10.8 Å². The summed E-state index contributed by atoms with van der Waals surface area (Å²) in [5.74, 6) is 3.13. The second kappa shape index (κ2) is 8.57. The van der Waals surface area contributed by atoms with E-state index in [1.54, 1.807) is 6.07 Å². The second-order valence-electron chi connectivity index (χ2n) is 9.17. The zero-order chi connectivity index (χ0) is 20.4. The second-order valence-corrected chi connectivity index (χ2v) is 9.17. The van der Waals surface area contributed by atoms with E-state index in [-0.39, 0.29) is 5.75 Å². The Bertz CT molecular complexity index is 828. The molecule has 0 aliphatic heterocycles. The molecule has 0 spiro atoms. The molecule has 2 unspecified atom stereocenters. The van der Waals surface area contributed by atoms with Crippen molar-refractivity contribution < 1.29 is 17.9 Å². The molecule has 0 saturated heterocycles. The molecule has 0 amide bonds. The quantitative estimate of drug-likeness (QED) is 0.488. The number of halogens is 3. The monoisotopic (exact) mass is 404 g/mol. The zero-order valence-corrected chi connectivity index (χ0v) is 17.2. The van der Waals surface area contributed by atoms with Gasteiger partial charge in [-0.2, -0.15) is 0 Å². The molecule has 4 rings (SSSR count). The predicted octanol–water partition coefficient (Wildman–Crippen LogP) is 8.23. The van der Waals surface area contributed by atoms with Gasteiger partial charge in [-0.25, -0.2) is 0 Å². The predicted molar refractivity (Wildman–Crippen MR) is 111 cm³/mol. The summed E-state index contributed by atoms with van der Waals surface area (Å²) in [4.78, 5) is 0. The van der Waals surface area contributed by atoms with E-state index in [0.29, 0.717) is 5.92 Å². The third kappa shape index (κ3) is 5.07. The molecular weight excluding hydrogens is 373 g/mol. The van der Waals surface area contributed by atoms with Gasteiger partial charge in [0.05, 0.1) is 0 Å². The average molecular weight is 405 g/mol. The standard InChI is InChI=1S/C25H31F3O/c1-2-3-4-17-5-6-19-14-20(8-7-18(19)13-17)21-9-10-23-16-24(29-25(26,27)28)12-11-22(23)15-21/h9-12,15-20H,2-8,13-14H2,1H3/t17-,18?,19-,20?/m1/s1. The molecule has 2 aliphatic rings. The van der Waals surface area contributed by atoms with Crippen LogP contribution in [0.3, 0.4) is 0 Å². The van der Waals surface area contributed by atoms with Crippen molar-refractivity contribution in [2.24, 2.45) is 17.8 Å². The highest BCUT2D eigenvalue weighted by Crippen LogP contribution is 2.48. The van der Waals surface area contributed by atoms with Gasteiger partial charge in [-0.3, -0.25) is 0 Å². The number of hydrogen-bond donors (Lipinski definition) is 0. The fraction of sp³-hybridized carbons (Fsp3) is 0.600. The van der Waals surface area contributed by atoms with E-state index in [0.717, 1.165) is 28.5 Å². The summed E-state index contributed by atoms with van der Waals surface area (Å²) >= 11 is 0. The van der Waals surface area contributed by atoms with Crippen molar-refractivity contribution in [2.75, 3.05) is 0 Å². The van der Waals surface area contributed by atoms with Gasteiger partial charge in [0, 0.05) is 0 Å². The lowest BCUT2D eigenvalue weighted by Gasteiger charge is -2.42. The largest absolute Gasteiger partial charge is 0.573 e. The molecule has 2 aromatic carbocycles. The van der Waals surface area contributed by atoms with E-state index in [4.69, 9.17) is 0 Å². The fourth-order valence-electron chi connectivity index (χ4n) is 5.74. The average Bonchev–Trinajstić information content (AvgIpc) is 2.70. The van der Waals surface area contributed by atoms with Crippen LogP contribution in [0.4, 0.5) is 13.2 Å². The molecule has 0 aromatic heterocycles. The van der Waals surface area contributed by atoms with Crippen LogP contribution in [0.5, 0.6) is 5.75 Å². The molecule has 2 aliphatic carbocycles. The lowest BCUT2D eigenvalue weighted by atomic mass is 9.63. The Morgan fingerprint density at radius 1 is 0.897 bits per heavy atom. The summed E-state index contributed by atoms with van der Waals surface area (Å²) in [5, 5.41) is 1.78. The number of ether oxygens (including phenoxy) is 1. The topological polar surface area (TPSA) is 9.23 Å². The maximum absolute atomic E-state index is 12.4. The van der Waals surface area contributed by atoms with Gasteiger partial charge < -0.3 is 4.74 Å². The first kappa shape index (κ1) is 20.6. The van der Waals surface area contributed by atoms with Crippen molar-refractivity contribution in [3.8, 4) is 5.75 Å². The summed E-state index contributed by atoms with van der Waals surface area (Å²) in [5.41, 5.74) is 1.34. The number of rotatable bonds is 5. The molecule has 4 atom stereocenters. The fourth-order valence-corrected chi connectivity index (χ4v) is 5.74. The van der Waals surface area contributed by atoms with E-state index < -0.39 is 6.36 Å². The van der Waals surface area contributed by atoms with E-state index in [1.807, 2.05) is 6.07 Å². The van der Waals surface area contributed by atoms with Gasteiger partial charge in [-0.15, -0.1) is 13.2 Å². The first-order chi connectivity index (χ1) is 13.9. The molecular formula is C25H31F3O. The molecule has 0 heterocycles. The first-order valence-corrected chi connectivity index (χ1v) is 11.2. The molecule has 0 radical (unpaired) electrons. The highest BCUT2D eigenvalue weighted by atomic mass is 19.4. The van der Waals surface area contributed by atoms with Crippen LogP contribution in [0, 0.1) is 17.8 Å². The number of fused-ring (bicyclic) bond motifs is 2. The number of alkyl halides is 3. The highest BCUT2D eigenvalue weighted by molar-refractivity contribution is 5.84. The summed E-state index contributed by atoms with van der Waals surface area (Å²) in [6.45, 7) is 2.28. The van der Waals surface area contributed by atoms with Crippen molar-refractivity contribution in [1.29, 1.82) is 0 Å². The molecule has 4 heteroatoms. The molecule has 2 fully saturated rings. The van der Waals surface area contributed by atoms with Crippen molar-refractivity contribution in [3.05, 3.63) is 42.0 Å². The van der Waals surface area contributed by atoms with Gasteiger partial charge in [0.2, 0.25) is 0 Å². The number of unbranched alkanes of at least 4 members (excludes halogenated alkanes) is 1. The maximum atomic E-state index is 12.4. The molecule has 2 saturated carbocycles. The molecule has 2 aromatic rings. The summed E-state index contributed by atoms with van der Waals surface area (Å²) in [6.07, 6.45) is 7.47. The van der Waals surface area contributed by atoms with E-state index >= 15 is 0 Å². The van der Waals surface area contributed by atoms with Crippen LogP contribution < -0.4 is 4.74 Å². The van der Waals surface area contributed by atoms with Crippen molar-refractivity contribution in [2.45, 2.75) is 77.0 Å². The van der Waals surface area contributed by atoms with Gasteiger partial charge >= 0.3 is 6.36 Å². The van der Waals surface area contributed by atoms with Gasteiger partial charge in [0.25, 0.3) is 0 Å². The number of benzene rings is 2. The molecule has 1 nitrogen and oxygen atoms in total. The molecule has 0 N–H and O–H groups in total. The van der Waals surface area contributed by atoms with Crippen LogP contribution >= 0.6 is 0 Å². The maximum Gasteiger partial charge on any atom is 0.573 e. The van der Waals surface area contributed by atoms with Crippen molar-refractivity contribution in [1.82, 2.24) is 0 Å². The third-order valence-electron chi connectivity index (χ3n) is 7.23.